The maximum absolute atomic E-state index is 12.7. The quantitative estimate of drug-likeness (QED) is 0.657. The first-order chi connectivity index (χ1) is 15.4. The third-order valence-corrected chi connectivity index (χ3v) is 7.70. The number of pyridine rings is 1. The third-order valence-electron chi connectivity index (χ3n) is 5.83. The van der Waals surface area contributed by atoms with Gasteiger partial charge in [-0.05, 0) is 24.3 Å². The van der Waals surface area contributed by atoms with Gasteiger partial charge in [0.2, 0.25) is 21.8 Å². The van der Waals surface area contributed by atoms with E-state index in [4.69, 9.17) is 0 Å². The second-order valence-electron chi connectivity index (χ2n) is 7.92. The second kappa shape index (κ2) is 9.66. The molecule has 32 heavy (non-hydrogen) atoms. The Morgan fingerprint density at radius 1 is 1.03 bits per heavy atom. The number of sulfonamides is 1. The Kier molecular flexibility index (Phi) is 6.71. The molecule has 2 fully saturated rings. The van der Waals surface area contributed by atoms with E-state index in [9.17, 15) is 18.0 Å². The highest BCUT2D eigenvalue weighted by Crippen LogP contribution is 2.24. The molecule has 4 rings (SSSR count). The first-order valence-electron chi connectivity index (χ1n) is 10.7. The van der Waals surface area contributed by atoms with E-state index in [2.05, 4.69) is 15.2 Å². The summed E-state index contributed by atoms with van der Waals surface area (Å²) < 4.78 is 26.9. The molecule has 0 radical (unpaired) electrons. The standard InChI is InChI=1S/C22H27N5O4S/c28-21-16-18(17-27(21)19-6-2-1-3-7-19)22(29)24-10-15-32(30,31)26-13-11-25(12-14-26)20-8-4-5-9-23-20/h1-9,18H,10-17H2,(H,24,29). The van der Waals surface area contributed by atoms with Crippen molar-refractivity contribution in [2.75, 3.05) is 54.8 Å². The van der Waals surface area contributed by atoms with Gasteiger partial charge in [-0.3, -0.25) is 9.59 Å². The highest BCUT2D eigenvalue weighted by Gasteiger charge is 2.35. The number of carbonyl (C=O) groups excluding carboxylic acids is 2. The predicted octanol–water partition coefficient (Wildman–Crippen LogP) is 0.703. The fourth-order valence-corrected chi connectivity index (χ4v) is 5.39. The molecule has 0 spiro atoms. The average Bonchev–Trinajstić information content (AvgIpc) is 3.22. The molecule has 1 atom stereocenters. The van der Waals surface area contributed by atoms with Gasteiger partial charge in [-0.1, -0.05) is 24.3 Å². The van der Waals surface area contributed by atoms with Crippen molar-refractivity contribution in [3.8, 4) is 0 Å². The number of nitrogens with zero attached hydrogens (tertiary/aromatic N) is 4. The summed E-state index contributed by atoms with van der Waals surface area (Å²) >= 11 is 0. The van der Waals surface area contributed by atoms with Gasteiger partial charge in [0.05, 0.1) is 11.7 Å². The van der Waals surface area contributed by atoms with Crippen LogP contribution in [0, 0.1) is 5.92 Å². The van der Waals surface area contributed by atoms with E-state index in [1.807, 2.05) is 48.5 Å². The van der Waals surface area contributed by atoms with Crippen molar-refractivity contribution in [1.82, 2.24) is 14.6 Å². The molecule has 2 aliphatic heterocycles. The number of nitrogens with one attached hydrogen (secondary N) is 1. The largest absolute Gasteiger partial charge is 0.355 e. The van der Waals surface area contributed by atoms with Crippen LogP contribution in [0.5, 0.6) is 0 Å². The van der Waals surface area contributed by atoms with Gasteiger partial charge in [0.1, 0.15) is 5.82 Å². The van der Waals surface area contributed by atoms with E-state index in [-0.39, 0.29) is 30.5 Å². The first kappa shape index (κ1) is 22.2. The van der Waals surface area contributed by atoms with Crippen molar-refractivity contribution in [3.63, 3.8) is 0 Å². The van der Waals surface area contributed by atoms with Crippen LogP contribution in [-0.4, -0.2) is 74.5 Å². The zero-order chi connectivity index (χ0) is 22.6. The molecule has 170 valence electrons. The minimum absolute atomic E-state index is 0.0254. The minimum Gasteiger partial charge on any atom is -0.355 e. The summed E-state index contributed by atoms with van der Waals surface area (Å²) in [5, 5.41) is 2.70. The summed E-state index contributed by atoms with van der Waals surface area (Å²) in [6.45, 7) is 2.24. The molecular formula is C22H27N5O4S. The molecule has 0 bridgehead atoms. The molecule has 1 N–H and O–H groups in total. The number of piperazine rings is 1. The van der Waals surface area contributed by atoms with Crippen molar-refractivity contribution < 1.29 is 18.0 Å². The van der Waals surface area contributed by atoms with E-state index >= 15 is 0 Å². The summed E-state index contributed by atoms with van der Waals surface area (Å²) in [5.41, 5.74) is 0.764. The number of rotatable bonds is 7. The number of para-hydroxylation sites is 1. The summed E-state index contributed by atoms with van der Waals surface area (Å²) in [6, 6.07) is 14.9. The first-order valence-corrected chi connectivity index (χ1v) is 12.3. The maximum atomic E-state index is 12.7. The Bertz CT molecular complexity index is 1040. The van der Waals surface area contributed by atoms with Gasteiger partial charge in [-0.2, -0.15) is 4.31 Å². The van der Waals surface area contributed by atoms with Gasteiger partial charge >= 0.3 is 0 Å². The maximum Gasteiger partial charge on any atom is 0.227 e. The lowest BCUT2D eigenvalue weighted by atomic mass is 10.1. The van der Waals surface area contributed by atoms with Crippen LogP contribution in [0.1, 0.15) is 6.42 Å². The molecule has 2 amide bonds. The number of amides is 2. The van der Waals surface area contributed by atoms with E-state index < -0.39 is 15.9 Å². The molecule has 2 saturated heterocycles. The SMILES string of the molecule is O=C(NCCS(=O)(=O)N1CCN(c2ccccn2)CC1)C1CC(=O)N(c2ccccc2)C1. The van der Waals surface area contributed by atoms with Crippen molar-refractivity contribution in [2.24, 2.45) is 5.92 Å². The van der Waals surface area contributed by atoms with Crippen LogP contribution in [0.15, 0.2) is 54.7 Å². The summed E-state index contributed by atoms with van der Waals surface area (Å²) in [5.74, 6) is -0.188. The van der Waals surface area contributed by atoms with Crippen LogP contribution in [0.3, 0.4) is 0 Å². The van der Waals surface area contributed by atoms with E-state index in [1.165, 1.54) is 4.31 Å². The molecular weight excluding hydrogens is 430 g/mol. The number of hydrogen-bond acceptors (Lipinski definition) is 6. The van der Waals surface area contributed by atoms with Crippen LogP contribution in [0.2, 0.25) is 0 Å². The lowest BCUT2D eigenvalue weighted by Crippen LogP contribution is -2.50. The number of anilines is 2. The van der Waals surface area contributed by atoms with Gasteiger partial charge in [0.15, 0.2) is 0 Å². The minimum atomic E-state index is -3.48. The molecule has 1 aromatic carbocycles. The lowest BCUT2D eigenvalue weighted by Gasteiger charge is -2.34. The molecule has 2 aliphatic rings. The summed E-state index contributed by atoms with van der Waals surface area (Å²) in [4.78, 5) is 32.8. The summed E-state index contributed by atoms with van der Waals surface area (Å²) in [6.07, 6.45) is 1.85. The smallest absolute Gasteiger partial charge is 0.227 e. The van der Waals surface area contributed by atoms with E-state index in [0.717, 1.165) is 11.5 Å². The fourth-order valence-electron chi connectivity index (χ4n) is 4.05. The van der Waals surface area contributed by atoms with Crippen LogP contribution in [0.25, 0.3) is 0 Å². The number of aromatic nitrogens is 1. The molecule has 3 heterocycles. The predicted molar refractivity (Wildman–Crippen MR) is 122 cm³/mol. The van der Waals surface area contributed by atoms with E-state index in [1.54, 1.807) is 11.1 Å². The highest BCUT2D eigenvalue weighted by molar-refractivity contribution is 7.89. The Hall–Kier alpha value is -2.98. The Balaban J connectivity index is 1.23. The van der Waals surface area contributed by atoms with Crippen LogP contribution in [0.4, 0.5) is 11.5 Å². The zero-order valence-corrected chi connectivity index (χ0v) is 18.6. The van der Waals surface area contributed by atoms with Crippen LogP contribution >= 0.6 is 0 Å². The van der Waals surface area contributed by atoms with Crippen LogP contribution < -0.4 is 15.1 Å². The Labute approximate surface area is 188 Å². The van der Waals surface area contributed by atoms with Crippen molar-refractivity contribution >= 4 is 33.3 Å². The van der Waals surface area contributed by atoms with Gasteiger partial charge in [-0.25, -0.2) is 13.4 Å². The van der Waals surface area contributed by atoms with Gasteiger partial charge in [-0.15, -0.1) is 0 Å². The Morgan fingerprint density at radius 3 is 2.44 bits per heavy atom. The topological polar surface area (TPSA) is 103 Å². The van der Waals surface area contributed by atoms with E-state index in [0.29, 0.717) is 32.7 Å². The molecule has 0 aliphatic carbocycles. The summed E-state index contributed by atoms with van der Waals surface area (Å²) in [7, 11) is -3.48. The van der Waals surface area contributed by atoms with Crippen molar-refractivity contribution in [3.05, 3.63) is 54.7 Å². The molecule has 9 nitrogen and oxygen atoms in total. The van der Waals surface area contributed by atoms with Crippen LogP contribution in [-0.2, 0) is 19.6 Å². The molecule has 1 aromatic heterocycles. The van der Waals surface area contributed by atoms with Gasteiger partial charge < -0.3 is 15.1 Å². The molecule has 0 saturated carbocycles. The molecule has 10 heteroatoms. The zero-order valence-electron chi connectivity index (χ0n) is 17.8. The number of carbonyl (C=O) groups is 2. The lowest BCUT2D eigenvalue weighted by molar-refractivity contribution is -0.126. The fraction of sp³-hybridized carbons (Fsp3) is 0.409. The Morgan fingerprint density at radius 2 is 1.75 bits per heavy atom. The van der Waals surface area contributed by atoms with Gasteiger partial charge in [0, 0.05) is 57.6 Å². The van der Waals surface area contributed by atoms with Gasteiger partial charge in [0.25, 0.3) is 0 Å². The van der Waals surface area contributed by atoms with Crippen molar-refractivity contribution in [1.29, 1.82) is 0 Å². The average molecular weight is 458 g/mol. The monoisotopic (exact) mass is 457 g/mol. The van der Waals surface area contributed by atoms with Crippen molar-refractivity contribution in [2.45, 2.75) is 6.42 Å². The third kappa shape index (κ3) is 5.08. The molecule has 1 unspecified atom stereocenters. The second-order valence-corrected chi connectivity index (χ2v) is 10.0. The number of benzene rings is 1. The molecule has 2 aromatic rings. The highest BCUT2D eigenvalue weighted by atomic mass is 32.2. The number of hydrogen-bond donors (Lipinski definition) is 1. The normalized spacial score (nSPS) is 19.9.